The number of nitrogens with zero attached hydrogens (tertiary/aromatic N) is 1. The summed E-state index contributed by atoms with van der Waals surface area (Å²) in [6.07, 6.45) is 0.972. The summed E-state index contributed by atoms with van der Waals surface area (Å²) < 4.78 is 0. The Labute approximate surface area is 101 Å². The average Bonchev–Trinajstić information content (AvgIpc) is 2.59. The fourth-order valence-electron chi connectivity index (χ4n) is 2.13. The van der Waals surface area contributed by atoms with Crippen molar-refractivity contribution in [3.05, 3.63) is 0 Å². The van der Waals surface area contributed by atoms with Gasteiger partial charge in [-0.1, -0.05) is 6.92 Å². The number of hydrogen-bond donors (Lipinski definition) is 3. The van der Waals surface area contributed by atoms with Crippen molar-refractivity contribution >= 4 is 11.9 Å². The molecule has 0 saturated carbocycles. The van der Waals surface area contributed by atoms with Crippen LogP contribution in [0.5, 0.6) is 0 Å². The molecule has 0 aromatic rings. The Hall–Kier alpha value is -1.14. The van der Waals surface area contributed by atoms with Crippen LogP contribution in [0.3, 0.4) is 0 Å². The topological polar surface area (TPSA) is 81.7 Å². The van der Waals surface area contributed by atoms with Gasteiger partial charge in [-0.15, -0.1) is 0 Å². The summed E-state index contributed by atoms with van der Waals surface area (Å²) >= 11 is 0. The lowest BCUT2D eigenvalue weighted by Crippen LogP contribution is -2.46. The van der Waals surface area contributed by atoms with Gasteiger partial charge < -0.3 is 10.4 Å². The van der Waals surface area contributed by atoms with Crippen LogP contribution in [0.15, 0.2) is 0 Å². The molecule has 1 aliphatic heterocycles. The van der Waals surface area contributed by atoms with Crippen LogP contribution in [0.1, 0.15) is 20.3 Å². The van der Waals surface area contributed by atoms with Gasteiger partial charge >= 0.3 is 6.03 Å². The lowest BCUT2D eigenvalue weighted by Gasteiger charge is -2.24. The van der Waals surface area contributed by atoms with E-state index in [1.54, 1.807) is 6.92 Å². The van der Waals surface area contributed by atoms with Gasteiger partial charge in [0.15, 0.2) is 0 Å². The molecule has 98 valence electrons. The second-order valence-electron chi connectivity index (χ2n) is 4.39. The van der Waals surface area contributed by atoms with E-state index in [4.69, 9.17) is 0 Å². The maximum atomic E-state index is 11.6. The summed E-state index contributed by atoms with van der Waals surface area (Å²) in [7, 11) is 0. The molecule has 2 atom stereocenters. The highest BCUT2D eigenvalue weighted by Gasteiger charge is 2.31. The Morgan fingerprint density at radius 3 is 2.76 bits per heavy atom. The molecule has 6 nitrogen and oxygen atoms in total. The van der Waals surface area contributed by atoms with E-state index in [-0.39, 0.29) is 25.1 Å². The third-order valence-corrected chi connectivity index (χ3v) is 3.12. The largest absolute Gasteiger partial charge is 0.395 e. The molecule has 0 bridgehead atoms. The van der Waals surface area contributed by atoms with Crippen LogP contribution in [0.25, 0.3) is 0 Å². The average molecular weight is 243 g/mol. The zero-order chi connectivity index (χ0) is 12.8. The Morgan fingerprint density at radius 1 is 1.47 bits per heavy atom. The monoisotopic (exact) mass is 243 g/mol. The molecule has 2 unspecified atom stereocenters. The van der Waals surface area contributed by atoms with Crippen molar-refractivity contribution in [1.82, 2.24) is 15.5 Å². The lowest BCUT2D eigenvalue weighted by atomic mass is 10.0. The summed E-state index contributed by atoms with van der Waals surface area (Å²) in [5, 5.41) is 14.0. The summed E-state index contributed by atoms with van der Waals surface area (Å²) in [6, 6.07) is -0.444. The molecule has 1 fully saturated rings. The van der Waals surface area contributed by atoms with Crippen LogP contribution in [-0.4, -0.2) is 54.2 Å². The number of carbonyl (C=O) groups is 2. The molecule has 17 heavy (non-hydrogen) atoms. The number of imide groups is 1. The Morgan fingerprint density at radius 2 is 2.18 bits per heavy atom. The number of rotatable bonds is 4. The van der Waals surface area contributed by atoms with Gasteiger partial charge in [-0.05, 0) is 25.8 Å². The molecule has 0 aromatic heterocycles. The normalized spacial score (nSPS) is 24.6. The van der Waals surface area contributed by atoms with Crippen LogP contribution in [0.4, 0.5) is 4.79 Å². The quantitative estimate of drug-likeness (QED) is 0.624. The predicted molar refractivity (Wildman–Crippen MR) is 63.4 cm³/mol. The van der Waals surface area contributed by atoms with Crippen molar-refractivity contribution < 1.29 is 14.7 Å². The number of hydrogen-bond acceptors (Lipinski definition) is 4. The zero-order valence-corrected chi connectivity index (χ0v) is 10.4. The van der Waals surface area contributed by atoms with Crippen molar-refractivity contribution in [2.24, 2.45) is 5.92 Å². The molecule has 3 amide bonds. The number of amides is 3. The van der Waals surface area contributed by atoms with Crippen LogP contribution in [0, 0.1) is 5.92 Å². The lowest BCUT2D eigenvalue weighted by molar-refractivity contribution is -0.121. The van der Waals surface area contributed by atoms with Gasteiger partial charge in [0.2, 0.25) is 5.91 Å². The smallest absolute Gasteiger partial charge is 0.321 e. The molecule has 0 aromatic carbocycles. The Kier molecular flexibility index (Phi) is 5.37. The van der Waals surface area contributed by atoms with E-state index in [9.17, 15) is 14.7 Å². The molecule has 1 saturated heterocycles. The molecular formula is C11H21N3O3. The first kappa shape index (κ1) is 13.9. The summed E-state index contributed by atoms with van der Waals surface area (Å²) in [6.45, 7) is 5.33. The van der Waals surface area contributed by atoms with Crippen LogP contribution in [-0.2, 0) is 4.79 Å². The molecule has 1 aliphatic rings. The standard InChI is InChI=1S/C11H21N3O3/c1-3-12-11(17)13-10(16)6-14-5-4-8(2)9(14)7-15/h8-9,15H,3-7H2,1-2H3,(H2,12,13,16,17). The van der Waals surface area contributed by atoms with E-state index < -0.39 is 6.03 Å². The fourth-order valence-corrected chi connectivity index (χ4v) is 2.13. The van der Waals surface area contributed by atoms with E-state index in [0.717, 1.165) is 13.0 Å². The number of aliphatic hydroxyl groups excluding tert-OH is 1. The third-order valence-electron chi connectivity index (χ3n) is 3.12. The van der Waals surface area contributed by atoms with Crippen LogP contribution in [0.2, 0.25) is 0 Å². The molecule has 0 radical (unpaired) electrons. The maximum Gasteiger partial charge on any atom is 0.321 e. The van der Waals surface area contributed by atoms with Gasteiger partial charge in [0.1, 0.15) is 0 Å². The second-order valence-corrected chi connectivity index (χ2v) is 4.39. The minimum Gasteiger partial charge on any atom is -0.395 e. The van der Waals surface area contributed by atoms with Gasteiger partial charge in [0, 0.05) is 12.6 Å². The Bertz CT molecular complexity index is 283. The molecule has 0 aliphatic carbocycles. The molecule has 0 spiro atoms. The van der Waals surface area contributed by atoms with E-state index in [1.807, 2.05) is 4.90 Å². The number of likely N-dealkylation sites (tertiary alicyclic amines) is 1. The number of carbonyl (C=O) groups excluding carboxylic acids is 2. The van der Waals surface area contributed by atoms with Gasteiger partial charge in [0.25, 0.3) is 0 Å². The molecule has 6 heteroatoms. The van der Waals surface area contributed by atoms with Gasteiger partial charge in [-0.25, -0.2) is 4.79 Å². The third kappa shape index (κ3) is 3.98. The van der Waals surface area contributed by atoms with E-state index in [0.29, 0.717) is 12.5 Å². The predicted octanol–water partition coefficient (Wildman–Crippen LogP) is -0.465. The van der Waals surface area contributed by atoms with Gasteiger partial charge in [-0.2, -0.15) is 0 Å². The maximum absolute atomic E-state index is 11.6. The van der Waals surface area contributed by atoms with Crippen molar-refractivity contribution in [1.29, 1.82) is 0 Å². The van der Waals surface area contributed by atoms with Crippen molar-refractivity contribution in [3.63, 3.8) is 0 Å². The first-order valence-electron chi connectivity index (χ1n) is 6.01. The summed E-state index contributed by atoms with van der Waals surface area (Å²) in [4.78, 5) is 24.6. The van der Waals surface area contributed by atoms with E-state index in [2.05, 4.69) is 17.6 Å². The molecule has 3 N–H and O–H groups in total. The van der Waals surface area contributed by atoms with Crippen molar-refractivity contribution in [2.45, 2.75) is 26.3 Å². The first-order valence-corrected chi connectivity index (χ1v) is 6.01. The number of urea groups is 1. The van der Waals surface area contributed by atoms with Crippen LogP contribution >= 0.6 is 0 Å². The number of nitrogens with one attached hydrogen (secondary N) is 2. The van der Waals surface area contributed by atoms with Crippen molar-refractivity contribution in [2.75, 3.05) is 26.2 Å². The first-order chi connectivity index (χ1) is 8.08. The highest BCUT2D eigenvalue weighted by Crippen LogP contribution is 2.22. The highest BCUT2D eigenvalue weighted by molar-refractivity contribution is 5.95. The van der Waals surface area contributed by atoms with Gasteiger partial charge in [-0.3, -0.25) is 15.0 Å². The minimum absolute atomic E-state index is 0.0231. The van der Waals surface area contributed by atoms with Gasteiger partial charge in [0.05, 0.1) is 13.2 Å². The SMILES string of the molecule is CCNC(=O)NC(=O)CN1CCC(C)C1CO. The number of aliphatic hydroxyl groups is 1. The summed E-state index contributed by atoms with van der Waals surface area (Å²) in [5.41, 5.74) is 0. The molecule has 1 heterocycles. The molecular weight excluding hydrogens is 222 g/mol. The zero-order valence-electron chi connectivity index (χ0n) is 10.4. The van der Waals surface area contributed by atoms with Crippen LogP contribution < -0.4 is 10.6 Å². The second kappa shape index (κ2) is 6.56. The Balaban J connectivity index is 2.38. The molecule has 1 rings (SSSR count). The highest BCUT2D eigenvalue weighted by atomic mass is 16.3. The van der Waals surface area contributed by atoms with E-state index >= 15 is 0 Å². The van der Waals surface area contributed by atoms with E-state index in [1.165, 1.54) is 0 Å². The summed E-state index contributed by atoms with van der Waals surface area (Å²) in [5.74, 6) is 0.0563. The minimum atomic E-state index is -0.467. The van der Waals surface area contributed by atoms with Crippen molar-refractivity contribution in [3.8, 4) is 0 Å². The fraction of sp³-hybridized carbons (Fsp3) is 0.818.